The molecule has 5 rings (SSSR count). The number of fused-ring (bicyclic) bond motifs is 1. The third-order valence-electron chi connectivity index (χ3n) is 5.60. The van der Waals surface area contributed by atoms with E-state index in [1.165, 1.54) is 0 Å². The molecule has 1 aliphatic carbocycles. The van der Waals surface area contributed by atoms with Gasteiger partial charge in [-0.1, -0.05) is 0 Å². The fraction of sp³-hybridized carbons (Fsp3) is 0.500. The van der Waals surface area contributed by atoms with Gasteiger partial charge in [-0.15, -0.1) is 0 Å². The van der Waals surface area contributed by atoms with Crippen LogP contribution in [0.25, 0.3) is 0 Å². The van der Waals surface area contributed by atoms with Crippen LogP contribution in [0.2, 0.25) is 0 Å². The lowest BCUT2D eigenvalue weighted by Crippen LogP contribution is -2.36. The molecule has 1 saturated carbocycles. The highest BCUT2D eigenvalue weighted by molar-refractivity contribution is 5.94. The molecule has 0 bridgehead atoms. The first-order valence-corrected chi connectivity index (χ1v) is 9.92. The minimum absolute atomic E-state index is 0.00594. The molecule has 2 aliphatic heterocycles. The molecule has 2 aromatic heterocycles. The number of aromatic nitrogens is 3. The highest BCUT2D eigenvalue weighted by atomic mass is 16.6. The van der Waals surface area contributed by atoms with E-state index in [0.717, 1.165) is 18.5 Å². The number of imidazole rings is 1. The zero-order valence-corrected chi connectivity index (χ0v) is 16.2. The summed E-state index contributed by atoms with van der Waals surface area (Å²) in [5.74, 6) is 0.189. The summed E-state index contributed by atoms with van der Waals surface area (Å²) < 4.78 is 12.8. The molecule has 0 spiro atoms. The van der Waals surface area contributed by atoms with E-state index in [0.29, 0.717) is 37.9 Å². The van der Waals surface area contributed by atoms with E-state index in [1.807, 2.05) is 17.8 Å². The van der Waals surface area contributed by atoms with Crippen molar-refractivity contribution in [3.05, 3.63) is 36.0 Å². The highest BCUT2D eigenvalue weighted by Crippen LogP contribution is 2.34. The van der Waals surface area contributed by atoms with Crippen LogP contribution in [0.5, 0.6) is 11.6 Å². The molecular formula is C20H23N5O4. The summed E-state index contributed by atoms with van der Waals surface area (Å²) >= 11 is 0. The van der Waals surface area contributed by atoms with Crippen LogP contribution in [0.3, 0.4) is 0 Å². The first kappa shape index (κ1) is 18.0. The molecule has 1 N–H and O–H groups in total. The number of aryl methyl sites for hydroxylation is 1. The maximum absolute atomic E-state index is 13.1. The first-order valence-electron chi connectivity index (χ1n) is 9.92. The van der Waals surface area contributed by atoms with E-state index in [4.69, 9.17) is 9.47 Å². The van der Waals surface area contributed by atoms with Crippen molar-refractivity contribution >= 4 is 11.8 Å². The third-order valence-corrected chi connectivity index (χ3v) is 5.60. The van der Waals surface area contributed by atoms with Gasteiger partial charge >= 0.3 is 0 Å². The Balaban J connectivity index is 1.38. The Labute approximate surface area is 168 Å². The number of rotatable bonds is 4. The molecule has 152 valence electrons. The van der Waals surface area contributed by atoms with Crippen LogP contribution in [0.4, 0.5) is 0 Å². The predicted octanol–water partition coefficient (Wildman–Crippen LogP) is 0.721. The zero-order valence-electron chi connectivity index (χ0n) is 16.2. The van der Waals surface area contributed by atoms with Crippen LogP contribution in [-0.4, -0.2) is 63.6 Å². The maximum Gasteiger partial charge on any atom is 0.272 e. The topological polar surface area (TPSA) is 98.6 Å². The van der Waals surface area contributed by atoms with Crippen molar-refractivity contribution in [1.82, 2.24) is 24.8 Å². The average Bonchev–Trinajstić information content (AvgIpc) is 3.26. The molecule has 4 heterocycles. The number of ether oxygens (including phenoxy) is 2. The second-order valence-corrected chi connectivity index (χ2v) is 7.87. The van der Waals surface area contributed by atoms with Crippen molar-refractivity contribution in [1.29, 1.82) is 0 Å². The summed E-state index contributed by atoms with van der Waals surface area (Å²) in [6.07, 6.45) is 5.68. The van der Waals surface area contributed by atoms with E-state index in [2.05, 4.69) is 15.3 Å². The zero-order chi connectivity index (χ0) is 20.0. The van der Waals surface area contributed by atoms with Crippen LogP contribution < -0.4 is 14.8 Å². The van der Waals surface area contributed by atoms with Crippen molar-refractivity contribution in [2.75, 3.05) is 26.3 Å². The van der Waals surface area contributed by atoms with E-state index in [-0.39, 0.29) is 35.4 Å². The van der Waals surface area contributed by atoms with Gasteiger partial charge in [0.25, 0.3) is 11.8 Å². The second kappa shape index (κ2) is 7.06. The lowest BCUT2D eigenvalue weighted by atomic mass is 9.92. The maximum atomic E-state index is 13.1. The number of hydrogen-bond acceptors (Lipinski definition) is 6. The van der Waals surface area contributed by atoms with Gasteiger partial charge in [-0.25, -0.2) is 9.97 Å². The predicted molar refractivity (Wildman–Crippen MR) is 102 cm³/mol. The molecule has 9 nitrogen and oxygen atoms in total. The van der Waals surface area contributed by atoms with Gasteiger partial charge in [-0.2, -0.15) is 0 Å². The van der Waals surface area contributed by atoms with Crippen LogP contribution in [0, 0.1) is 5.92 Å². The minimum Gasteiger partial charge on any atom is -0.484 e. The summed E-state index contributed by atoms with van der Waals surface area (Å²) in [6, 6.07) is 3.62. The summed E-state index contributed by atoms with van der Waals surface area (Å²) in [6.45, 7) is 1.65. The monoisotopic (exact) mass is 397 g/mol. The fourth-order valence-electron chi connectivity index (χ4n) is 3.91. The lowest BCUT2D eigenvalue weighted by Gasteiger charge is -2.19. The van der Waals surface area contributed by atoms with Gasteiger partial charge in [0.2, 0.25) is 5.91 Å². The van der Waals surface area contributed by atoms with Gasteiger partial charge in [0.05, 0.1) is 17.9 Å². The summed E-state index contributed by atoms with van der Waals surface area (Å²) in [4.78, 5) is 36.4. The molecule has 1 saturated heterocycles. The molecule has 2 aromatic rings. The Hall–Kier alpha value is -3.10. The van der Waals surface area contributed by atoms with E-state index >= 15 is 0 Å². The molecule has 29 heavy (non-hydrogen) atoms. The van der Waals surface area contributed by atoms with Crippen molar-refractivity contribution in [3.63, 3.8) is 0 Å². The van der Waals surface area contributed by atoms with Crippen LogP contribution >= 0.6 is 0 Å². The van der Waals surface area contributed by atoms with E-state index in [9.17, 15) is 9.59 Å². The number of carbonyl (C=O) groups excluding carboxylic acids is 2. The van der Waals surface area contributed by atoms with Crippen LogP contribution in [0.15, 0.2) is 24.7 Å². The van der Waals surface area contributed by atoms with Gasteiger partial charge in [-0.05, 0) is 25.0 Å². The van der Waals surface area contributed by atoms with Gasteiger partial charge in [0.1, 0.15) is 18.9 Å². The summed E-state index contributed by atoms with van der Waals surface area (Å²) in [5, 5.41) is 3.08. The lowest BCUT2D eigenvalue weighted by molar-refractivity contribution is -0.125. The molecule has 0 radical (unpaired) electrons. The number of amides is 2. The molecule has 9 heteroatoms. The molecule has 2 atom stereocenters. The molecule has 2 amide bonds. The second-order valence-electron chi connectivity index (χ2n) is 7.87. The molecular weight excluding hydrogens is 374 g/mol. The number of pyridine rings is 1. The van der Waals surface area contributed by atoms with Crippen LogP contribution in [-0.2, 0) is 11.8 Å². The molecule has 2 fully saturated rings. The van der Waals surface area contributed by atoms with Crippen LogP contribution in [0.1, 0.15) is 34.9 Å². The molecule has 3 aliphatic rings. The Morgan fingerprint density at radius 3 is 2.76 bits per heavy atom. The first-order chi connectivity index (χ1) is 14.1. The van der Waals surface area contributed by atoms with Crippen molar-refractivity contribution in [3.8, 4) is 11.6 Å². The highest BCUT2D eigenvalue weighted by Gasteiger charge is 2.43. The summed E-state index contributed by atoms with van der Waals surface area (Å²) in [5.41, 5.74) is 1.12. The van der Waals surface area contributed by atoms with Gasteiger partial charge < -0.3 is 24.3 Å². The molecule has 0 unspecified atom stereocenters. The Bertz CT molecular complexity index is 954. The Morgan fingerprint density at radius 2 is 2.00 bits per heavy atom. The van der Waals surface area contributed by atoms with Crippen molar-refractivity contribution in [2.45, 2.75) is 24.8 Å². The average molecular weight is 397 g/mol. The number of nitrogens with zero attached hydrogens (tertiary/aromatic N) is 4. The Morgan fingerprint density at radius 1 is 1.17 bits per heavy atom. The van der Waals surface area contributed by atoms with Gasteiger partial charge in [0.15, 0.2) is 5.75 Å². The number of nitrogens with one attached hydrogen (secondary N) is 1. The standard InChI is InChI=1S/C20H23N5O4/c1-24-10-16(21-11-24)13-8-25(9-14(13)18(26)22-12-2-3-12)20(27)15-4-5-17-19(23-15)29-7-6-28-17/h4-5,10-14H,2-3,6-9H2,1H3,(H,22,26)/t13-,14-/m1/s1. The normalized spacial score (nSPS) is 23.1. The molecule has 0 aromatic carbocycles. The number of hydrogen-bond donors (Lipinski definition) is 1. The Kier molecular flexibility index (Phi) is 4.37. The third kappa shape index (κ3) is 3.52. The van der Waals surface area contributed by atoms with Crippen molar-refractivity contribution in [2.24, 2.45) is 13.0 Å². The quantitative estimate of drug-likeness (QED) is 0.816. The SMILES string of the molecule is Cn1cnc([C@@H]2CN(C(=O)c3ccc4c(n3)OCCO4)C[C@H]2C(=O)NC2CC2)c1. The fourth-order valence-corrected chi connectivity index (χ4v) is 3.91. The van der Waals surface area contributed by atoms with Crippen molar-refractivity contribution < 1.29 is 19.1 Å². The largest absolute Gasteiger partial charge is 0.484 e. The number of likely N-dealkylation sites (tertiary alicyclic amines) is 1. The smallest absolute Gasteiger partial charge is 0.272 e. The van der Waals surface area contributed by atoms with E-state index in [1.54, 1.807) is 23.4 Å². The number of carbonyl (C=O) groups is 2. The van der Waals surface area contributed by atoms with Gasteiger partial charge in [-0.3, -0.25) is 9.59 Å². The minimum atomic E-state index is -0.327. The summed E-state index contributed by atoms with van der Waals surface area (Å²) in [7, 11) is 1.90. The van der Waals surface area contributed by atoms with E-state index < -0.39 is 0 Å². The van der Waals surface area contributed by atoms with Gasteiger partial charge in [0, 0.05) is 38.3 Å².